The van der Waals surface area contributed by atoms with Gasteiger partial charge in [-0.05, 0) is 48.6 Å². The lowest BCUT2D eigenvalue weighted by molar-refractivity contribution is 0.0848. The molecule has 1 aliphatic rings. The van der Waals surface area contributed by atoms with Gasteiger partial charge in [0.2, 0.25) is 0 Å². The van der Waals surface area contributed by atoms with Crippen LogP contribution in [0.1, 0.15) is 49.5 Å². The van der Waals surface area contributed by atoms with Gasteiger partial charge in [0.25, 0.3) is 0 Å². The third kappa shape index (κ3) is 4.46. The van der Waals surface area contributed by atoms with Crippen molar-refractivity contribution in [3.8, 4) is 5.75 Å². The van der Waals surface area contributed by atoms with Crippen LogP contribution in [-0.4, -0.2) is 10.1 Å². The Bertz CT molecular complexity index is 624. The van der Waals surface area contributed by atoms with E-state index in [9.17, 15) is 5.11 Å². The summed E-state index contributed by atoms with van der Waals surface area (Å²) in [5.74, 6) is 1.16. The molecule has 122 valence electrons. The highest BCUT2D eigenvalue weighted by atomic mass is 35.5. The summed E-state index contributed by atoms with van der Waals surface area (Å²) in [5, 5.41) is 11.0. The zero-order chi connectivity index (χ0) is 16.1. The number of hydrogen-bond donors (Lipinski definition) is 1. The van der Waals surface area contributed by atoms with Crippen LogP contribution in [0.15, 0.2) is 42.5 Å². The standard InChI is InChI=1S/C19H22ClNO2/c20-18-8-4-7-16(21-18)13-23-17-11-9-15(10-12-17)19(22)14-5-2-1-3-6-14/h4,7-12,14,19,22H,1-3,5-6,13H2. The van der Waals surface area contributed by atoms with Crippen LogP contribution in [0, 0.1) is 5.92 Å². The minimum Gasteiger partial charge on any atom is -0.487 e. The predicted octanol–water partition coefficient (Wildman–Crippen LogP) is 4.93. The Morgan fingerprint density at radius 3 is 2.52 bits per heavy atom. The number of hydrogen-bond acceptors (Lipinski definition) is 3. The second-order valence-electron chi connectivity index (χ2n) is 6.15. The monoisotopic (exact) mass is 331 g/mol. The predicted molar refractivity (Wildman–Crippen MR) is 91.6 cm³/mol. The lowest BCUT2D eigenvalue weighted by Gasteiger charge is -2.26. The molecule has 4 heteroatoms. The molecule has 3 nitrogen and oxygen atoms in total. The van der Waals surface area contributed by atoms with Gasteiger partial charge in [0.15, 0.2) is 0 Å². The van der Waals surface area contributed by atoms with Crippen LogP contribution < -0.4 is 4.74 Å². The van der Waals surface area contributed by atoms with E-state index in [4.69, 9.17) is 16.3 Å². The number of ether oxygens (including phenoxy) is 1. The first kappa shape index (κ1) is 16.3. The largest absolute Gasteiger partial charge is 0.487 e. The summed E-state index contributed by atoms with van der Waals surface area (Å²) in [5.41, 5.74) is 1.77. The molecular formula is C19H22ClNO2. The van der Waals surface area contributed by atoms with Gasteiger partial charge in [-0.3, -0.25) is 0 Å². The Labute approximate surface area is 142 Å². The first-order chi connectivity index (χ1) is 11.2. The summed E-state index contributed by atoms with van der Waals surface area (Å²) in [6.45, 7) is 0.380. The van der Waals surface area contributed by atoms with Crippen LogP contribution in [0.25, 0.3) is 0 Å². The minimum absolute atomic E-state index is 0.362. The fourth-order valence-corrected chi connectivity index (χ4v) is 3.35. The van der Waals surface area contributed by atoms with Gasteiger partial charge in [-0.25, -0.2) is 4.98 Å². The fraction of sp³-hybridized carbons (Fsp3) is 0.421. The molecule has 1 fully saturated rings. The summed E-state index contributed by atoms with van der Waals surface area (Å²) in [7, 11) is 0. The van der Waals surface area contributed by atoms with E-state index in [1.165, 1.54) is 19.3 Å². The maximum absolute atomic E-state index is 10.5. The van der Waals surface area contributed by atoms with Gasteiger partial charge < -0.3 is 9.84 Å². The van der Waals surface area contributed by atoms with Crippen LogP contribution in [0.5, 0.6) is 5.75 Å². The number of aromatic nitrogens is 1. The van der Waals surface area contributed by atoms with Crippen LogP contribution >= 0.6 is 11.6 Å². The molecule has 0 bridgehead atoms. The molecule has 1 aliphatic carbocycles. The van der Waals surface area contributed by atoms with Gasteiger partial charge in [0.1, 0.15) is 17.5 Å². The summed E-state index contributed by atoms with van der Waals surface area (Å²) in [4.78, 5) is 4.20. The molecule has 2 aromatic rings. The zero-order valence-corrected chi connectivity index (χ0v) is 13.9. The molecule has 0 spiro atoms. The lowest BCUT2D eigenvalue weighted by atomic mass is 9.83. The number of rotatable bonds is 5. The van der Waals surface area contributed by atoms with Gasteiger partial charge in [-0.1, -0.05) is 49.1 Å². The SMILES string of the molecule is OC(c1ccc(OCc2cccc(Cl)n2)cc1)C1CCCCC1. The van der Waals surface area contributed by atoms with E-state index < -0.39 is 0 Å². The number of halogens is 1. The normalized spacial score (nSPS) is 17.0. The molecule has 1 aromatic heterocycles. The zero-order valence-electron chi connectivity index (χ0n) is 13.1. The summed E-state index contributed by atoms with van der Waals surface area (Å²) >= 11 is 5.86. The van der Waals surface area contributed by atoms with Crippen molar-refractivity contribution >= 4 is 11.6 Å². The number of aliphatic hydroxyl groups excluding tert-OH is 1. The topological polar surface area (TPSA) is 42.4 Å². The van der Waals surface area contributed by atoms with Crippen molar-refractivity contribution in [3.63, 3.8) is 0 Å². The van der Waals surface area contributed by atoms with Crippen molar-refractivity contribution in [1.29, 1.82) is 0 Å². The van der Waals surface area contributed by atoms with Crippen molar-refractivity contribution in [2.45, 2.75) is 44.8 Å². The number of nitrogens with zero attached hydrogens (tertiary/aromatic N) is 1. The van der Waals surface area contributed by atoms with Crippen molar-refractivity contribution in [3.05, 3.63) is 58.9 Å². The third-order valence-corrected chi connectivity index (χ3v) is 4.69. The van der Waals surface area contributed by atoms with E-state index in [-0.39, 0.29) is 6.10 Å². The van der Waals surface area contributed by atoms with Gasteiger partial charge in [0.05, 0.1) is 11.8 Å². The van der Waals surface area contributed by atoms with E-state index in [1.54, 1.807) is 6.07 Å². The molecule has 1 N–H and O–H groups in total. The number of pyridine rings is 1. The molecule has 1 atom stereocenters. The van der Waals surface area contributed by atoms with Gasteiger partial charge in [-0.2, -0.15) is 0 Å². The molecule has 3 rings (SSSR count). The van der Waals surface area contributed by atoms with Crippen LogP contribution in [0.4, 0.5) is 0 Å². The molecule has 0 radical (unpaired) electrons. The van der Waals surface area contributed by atoms with E-state index in [2.05, 4.69) is 4.98 Å². The molecule has 23 heavy (non-hydrogen) atoms. The highest BCUT2D eigenvalue weighted by Gasteiger charge is 2.22. The number of aliphatic hydroxyl groups is 1. The Morgan fingerprint density at radius 2 is 1.83 bits per heavy atom. The molecule has 1 unspecified atom stereocenters. The molecule has 0 amide bonds. The molecular weight excluding hydrogens is 310 g/mol. The average Bonchev–Trinajstić information content (AvgIpc) is 2.61. The third-order valence-electron chi connectivity index (χ3n) is 4.48. The van der Waals surface area contributed by atoms with Gasteiger partial charge in [0, 0.05) is 0 Å². The van der Waals surface area contributed by atoms with Crippen molar-refractivity contribution in [2.24, 2.45) is 5.92 Å². The van der Waals surface area contributed by atoms with Gasteiger partial charge in [-0.15, -0.1) is 0 Å². The second kappa shape index (κ2) is 7.80. The Balaban J connectivity index is 1.58. The van der Waals surface area contributed by atoms with Gasteiger partial charge >= 0.3 is 0 Å². The molecule has 0 saturated heterocycles. The second-order valence-corrected chi connectivity index (χ2v) is 6.54. The Hall–Kier alpha value is -1.58. The van der Waals surface area contributed by atoms with E-state index >= 15 is 0 Å². The fourth-order valence-electron chi connectivity index (χ4n) is 3.17. The van der Waals surface area contributed by atoms with Crippen LogP contribution in [0.2, 0.25) is 5.15 Å². The first-order valence-corrected chi connectivity index (χ1v) is 8.62. The maximum Gasteiger partial charge on any atom is 0.130 e. The van der Waals surface area contributed by atoms with Crippen molar-refractivity contribution in [2.75, 3.05) is 0 Å². The number of benzene rings is 1. The van der Waals surface area contributed by atoms with E-state index in [0.29, 0.717) is 17.7 Å². The quantitative estimate of drug-likeness (QED) is 0.790. The molecule has 0 aliphatic heterocycles. The van der Waals surface area contributed by atoms with E-state index in [1.807, 2.05) is 36.4 Å². The smallest absolute Gasteiger partial charge is 0.130 e. The van der Waals surface area contributed by atoms with Crippen LogP contribution in [0.3, 0.4) is 0 Å². The maximum atomic E-state index is 10.5. The molecule has 1 heterocycles. The summed E-state index contributed by atoms with van der Waals surface area (Å²) < 4.78 is 5.72. The molecule has 1 saturated carbocycles. The molecule has 1 aromatic carbocycles. The highest BCUT2D eigenvalue weighted by molar-refractivity contribution is 6.29. The summed E-state index contributed by atoms with van der Waals surface area (Å²) in [6, 6.07) is 13.2. The van der Waals surface area contributed by atoms with Crippen molar-refractivity contribution in [1.82, 2.24) is 4.98 Å². The average molecular weight is 332 g/mol. The van der Waals surface area contributed by atoms with Crippen LogP contribution in [-0.2, 0) is 6.61 Å². The Kier molecular flexibility index (Phi) is 5.52. The summed E-state index contributed by atoms with van der Waals surface area (Å²) in [6.07, 6.45) is 5.65. The lowest BCUT2D eigenvalue weighted by Crippen LogP contribution is -2.15. The van der Waals surface area contributed by atoms with E-state index in [0.717, 1.165) is 29.8 Å². The first-order valence-electron chi connectivity index (χ1n) is 8.24. The minimum atomic E-state index is -0.362. The Morgan fingerprint density at radius 1 is 1.09 bits per heavy atom. The highest BCUT2D eigenvalue weighted by Crippen LogP contribution is 2.34. The van der Waals surface area contributed by atoms with Crippen molar-refractivity contribution < 1.29 is 9.84 Å².